The summed E-state index contributed by atoms with van der Waals surface area (Å²) in [6.45, 7) is 0.642. The van der Waals surface area contributed by atoms with Gasteiger partial charge in [-0.1, -0.05) is 12.5 Å². The van der Waals surface area contributed by atoms with E-state index in [4.69, 9.17) is 10.8 Å². The number of rotatable bonds is 2. The molecule has 1 aromatic rings. The molecule has 1 aromatic carbocycles. The Hall–Kier alpha value is -1.88. The highest BCUT2D eigenvalue weighted by Gasteiger charge is 2.33. The molecule has 1 aliphatic carbocycles. The van der Waals surface area contributed by atoms with Crippen LogP contribution in [0, 0.1) is 5.92 Å². The first-order valence-corrected chi connectivity index (χ1v) is 7.49. The molecule has 3 rings (SSSR count). The molecule has 2 unspecified atom stereocenters. The van der Waals surface area contributed by atoms with Crippen molar-refractivity contribution in [2.75, 3.05) is 11.4 Å². The Labute approximate surface area is 123 Å². The lowest BCUT2D eigenvalue weighted by Crippen LogP contribution is -2.40. The molecule has 21 heavy (non-hydrogen) atoms. The van der Waals surface area contributed by atoms with E-state index in [2.05, 4.69) is 0 Å². The molecule has 0 saturated heterocycles. The Morgan fingerprint density at radius 2 is 2.10 bits per heavy atom. The fourth-order valence-corrected chi connectivity index (χ4v) is 3.41. The fraction of sp³-hybridized carbons (Fsp3) is 0.500. The second-order valence-corrected chi connectivity index (χ2v) is 6.01. The van der Waals surface area contributed by atoms with Crippen LogP contribution in [0.4, 0.5) is 5.69 Å². The Morgan fingerprint density at radius 3 is 2.81 bits per heavy atom. The summed E-state index contributed by atoms with van der Waals surface area (Å²) in [7, 11) is 0. The molecule has 1 heterocycles. The molecule has 1 saturated carbocycles. The number of hydrogen-bond acceptors (Lipinski definition) is 3. The summed E-state index contributed by atoms with van der Waals surface area (Å²) in [4.78, 5) is 25.6. The van der Waals surface area contributed by atoms with Crippen LogP contribution >= 0.6 is 0 Å². The van der Waals surface area contributed by atoms with Crippen molar-refractivity contribution in [2.45, 2.75) is 38.1 Å². The van der Waals surface area contributed by atoms with Gasteiger partial charge in [-0.25, -0.2) is 4.79 Å². The highest BCUT2D eigenvalue weighted by molar-refractivity contribution is 5.99. The fourth-order valence-electron chi connectivity index (χ4n) is 3.41. The number of hydrogen-bond donors (Lipinski definition) is 2. The van der Waals surface area contributed by atoms with Crippen LogP contribution in [-0.2, 0) is 11.2 Å². The largest absolute Gasteiger partial charge is 0.478 e. The SMILES string of the molecule is NC1CCCC(C(=O)N2CCc3ccc(C(=O)O)cc32)C1. The maximum absolute atomic E-state index is 12.7. The summed E-state index contributed by atoms with van der Waals surface area (Å²) < 4.78 is 0. The van der Waals surface area contributed by atoms with Gasteiger partial charge in [-0.05, 0) is 43.4 Å². The van der Waals surface area contributed by atoms with Gasteiger partial charge < -0.3 is 15.7 Å². The van der Waals surface area contributed by atoms with Gasteiger partial charge in [0.15, 0.2) is 0 Å². The highest BCUT2D eigenvalue weighted by atomic mass is 16.4. The van der Waals surface area contributed by atoms with E-state index in [-0.39, 0.29) is 23.4 Å². The van der Waals surface area contributed by atoms with E-state index in [1.54, 1.807) is 17.0 Å². The number of anilines is 1. The summed E-state index contributed by atoms with van der Waals surface area (Å²) in [5.41, 5.74) is 8.01. The van der Waals surface area contributed by atoms with E-state index in [0.29, 0.717) is 6.54 Å². The molecule has 0 bridgehead atoms. The molecule has 112 valence electrons. The van der Waals surface area contributed by atoms with Gasteiger partial charge in [-0.15, -0.1) is 0 Å². The molecule has 1 fully saturated rings. The topological polar surface area (TPSA) is 83.6 Å². The molecule has 5 heteroatoms. The molecule has 0 spiro atoms. The van der Waals surface area contributed by atoms with Crippen molar-refractivity contribution in [3.8, 4) is 0 Å². The van der Waals surface area contributed by atoms with E-state index in [1.807, 2.05) is 6.07 Å². The first kappa shape index (κ1) is 14.1. The third-order valence-corrected chi connectivity index (χ3v) is 4.56. The van der Waals surface area contributed by atoms with Gasteiger partial charge in [0.1, 0.15) is 0 Å². The van der Waals surface area contributed by atoms with Crippen LogP contribution < -0.4 is 10.6 Å². The number of carboxylic acid groups (broad SMARTS) is 1. The van der Waals surface area contributed by atoms with Crippen LogP contribution in [0.5, 0.6) is 0 Å². The van der Waals surface area contributed by atoms with Crippen molar-refractivity contribution >= 4 is 17.6 Å². The summed E-state index contributed by atoms with van der Waals surface area (Å²) in [6.07, 6.45) is 4.40. The summed E-state index contributed by atoms with van der Waals surface area (Å²) >= 11 is 0. The Morgan fingerprint density at radius 1 is 1.29 bits per heavy atom. The summed E-state index contributed by atoms with van der Waals surface area (Å²) in [6, 6.07) is 5.15. The average Bonchev–Trinajstić information content (AvgIpc) is 2.89. The lowest BCUT2D eigenvalue weighted by Gasteiger charge is -2.29. The lowest BCUT2D eigenvalue weighted by molar-refractivity contribution is -0.123. The third kappa shape index (κ3) is 2.65. The zero-order valence-corrected chi connectivity index (χ0v) is 11.9. The Kier molecular flexibility index (Phi) is 3.68. The standard InChI is InChI=1S/C16H20N2O3/c17-13-3-1-2-11(8-13)15(19)18-7-6-10-4-5-12(16(20)21)9-14(10)18/h4-5,9,11,13H,1-3,6-8,17H2,(H,20,21). The quantitative estimate of drug-likeness (QED) is 0.869. The van der Waals surface area contributed by atoms with Crippen molar-refractivity contribution in [1.29, 1.82) is 0 Å². The van der Waals surface area contributed by atoms with Crippen LogP contribution in [0.15, 0.2) is 18.2 Å². The van der Waals surface area contributed by atoms with E-state index in [0.717, 1.165) is 43.4 Å². The maximum atomic E-state index is 12.7. The second kappa shape index (κ2) is 5.48. The van der Waals surface area contributed by atoms with E-state index >= 15 is 0 Å². The number of amides is 1. The molecule has 5 nitrogen and oxygen atoms in total. The van der Waals surface area contributed by atoms with E-state index in [1.165, 1.54) is 0 Å². The predicted molar refractivity (Wildman–Crippen MR) is 79.4 cm³/mol. The molecule has 0 aromatic heterocycles. The minimum Gasteiger partial charge on any atom is -0.478 e. The van der Waals surface area contributed by atoms with E-state index in [9.17, 15) is 9.59 Å². The number of nitrogens with zero attached hydrogens (tertiary/aromatic N) is 1. The Balaban J connectivity index is 1.84. The first-order chi connectivity index (χ1) is 10.1. The van der Waals surface area contributed by atoms with Gasteiger partial charge in [-0.2, -0.15) is 0 Å². The number of fused-ring (bicyclic) bond motifs is 1. The zero-order chi connectivity index (χ0) is 15.0. The van der Waals surface area contributed by atoms with Crippen molar-refractivity contribution < 1.29 is 14.7 Å². The lowest BCUT2D eigenvalue weighted by atomic mass is 9.85. The molecule has 1 aliphatic heterocycles. The zero-order valence-electron chi connectivity index (χ0n) is 11.9. The van der Waals surface area contributed by atoms with Gasteiger partial charge in [0.25, 0.3) is 0 Å². The Bertz CT molecular complexity index is 585. The maximum Gasteiger partial charge on any atom is 0.335 e. The molecule has 2 atom stereocenters. The number of benzene rings is 1. The predicted octanol–water partition coefficient (Wildman–Crippen LogP) is 1.79. The second-order valence-electron chi connectivity index (χ2n) is 6.01. The molecule has 3 N–H and O–H groups in total. The minimum atomic E-state index is -0.961. The van der Waals surface area contributed by atoms with Crippen molar-refractivity contribution in [2.24, 2.45) is 11.7 Å². The smallest absolute Gasteiger partial charge is 0.335 e. The molecular weight excluding hydrogens is 268 g/mol. The monoisotopic (exact) mass is 288 g/mol. The third-order valence-electron chi connectivity index (χ3n) is 4.56. The first-order valence-electron chi connectivity index (χ1n) is 7.49. The van der Waals surface area contributed by atoms with Crippen molar-refractivity contribution in [3.63, 3.8) is 0 Å². The van der Waals surface area contributed by atoms with Crippen molar-refractivity contribution in [3.05, 3.63) is 29.3 Å². The number of carbonyl (C=O) groups excluding carboxylic acids is 1. The van der Waals surface area contributed by atoms with Gasteiger partial charge in [-0.3, -0.25) is 4.79 Å². The summed E-state index contributed by atoms with van der Waals surface area (Å²) in [5.74, 6) is -0.878. The van der Waals surface area contributed by atoms with E-state index < -0.39 is 5.97 Å². The van der Waals surface area contributed by atoms with Crippen LogP contribution in [-0.4, -0.2) is 29.6 Å². The minimum absolute atomic E-state index is 0.0202. The van der Waals surface area contributed by atoms with Gasteiger partial charge in [0, 0.05) is 24.2 Å². The van der Waals surface area contributed by atoms with Crippen LogP contribution in [0.2, 0.25) is 0 Å². The van der Waals surface area contributed by atoms with Gasteiger partial charge in [0.2, 0.25) is 5.91 Å². The average molecular weight is 288 g/mol. The molecule has 1 amide bonds. The molecule has 0 radical (unpaired) electrons. The van der Waals surface area contributed by atoms with Crippen LogP contribution in [0.3, 0.4) is 0 Å². The molecular formula is C16H20N2O3. The highest BCUT2D eigenvalue weighted by Crippen LogP contribution is 2.33. The normalized spacial score (nSPS) is 24.7. The number of carbonyl (C=O) groups is 2. The van der Waals surface area contributed by atoms with Gasteiger partial charge in [0.05, 0.1) is 5.56 Å². The van der Waals surface area contributed by atoms with Gasteiger partial charge >= 0.3 is 5.97 Å². The summed E-state index contributed by atoms with van der Waals surface area (Å²) in [5, 5.41) is 9.10. The van der Waals surface area contributed by atoms with Crippen LogP contribution in [0.1, 0.15) is 41.6 Å². The van der Waals surface area contributed by atoms with Crippen molar-refractivity contribution in [1.82, 2.24) is 0 Å². The number of carboxylic acids is 1. The van der Waals surface area contributed by atoms with Crippen LogP contribution in [0.25, 0.3) is 0 Å². The number of aromatic carboxylic acids is 1. The number of nitrogens with two attached hydrogens (primary N) is 1. The molecule has 2 aliphatic rings.